The molecule has 1 aromatic carbocycles. The summed E-state index contributed by atoms with van der Waals surface area (Å²) in [4.78, 5) is 31.2. The second kappa shape index (κ2) is 11.9. The van der Waals surface area contributed by atoms with Crippen molar-refractivity contribution in [1.82, 2.24) is 9.71 Å². The van der Waals surface area contributed by atoms with E-state index in [-0.39, 0.29) is 25.8 Å². The second-order valence-electron chi connectivity index (χ2n) is 6.54. The highest BCUT2D eigenvalue weighted by atomic mass is 31.2. The van der Waals surface area contributed by atoms with E-state index in [1.807, 2.05) is 30.3 Å². The Kier molecular flexibility index (Phi) is 9.52. The normalized spacial score (nSPS) is 13.7. The molecule has 1 aromatic heterocycles. The SMILES string of the molecule is CCOP(=O)(CC[C@@H](On1ccc(=O)[nH]c1=O)[C@H](C)OCc1ccccc1)OCC. The van der Waals surface area contributed by atoms with Gasteiger partial charge in [0.15, 0.2) is 6.10 Å². The number of benzene rings is 1. The second-order valence-corrected chi connectivity index (χ2v) is 8.73. The summed E-state index contributed by atoms with van der Waals surface area (Å²) in [6.45, 7) is 6.13. The molecule has 1 N–H and O–H groups in total. The molecule has 0 unspecified atom stereocenters. The number of hydrogen-bond donors (Lipinski definition) is 1. The topological polar surface area (TPSA) is 109 Å². The number of aromatic nitrogens is 2. The summed E-state index contributed by atoms with van der Waals surface area (Å²) in [6, 6.07) is 10.8. The summed E-state index contributed by atoms with van der Waals surface area (Å²) >= 11 is 0. The van der Waals surface area contributed by atoms with Crippen molar-refractivity contribution in [1.29, 1.82) is 0 Å². The molecule has 0 saturated heterocycles. The van der Waals surface area contributed by atoms with E-state index in [4.69, 9.17) is 18.6 Å². The van der Waals surface area contributed by atoms with Gasteiger partial charge >= 0.3 is 13.3 Å². The van der Waals surface area contributed by atoms with Crippen LogP contribution >= 0.6 is 7.60 Å². The van der Waals surface area contributed by atoms with Gasteiger partial charge in [-0.25, -0.2) is 4.79 Å². The van der Waals surface area contributed by atoms with Gasteiger partial charge in [0.1, 0.15) is 0 Å². The molecule has 2 rings (SSSR count). The molecular formula is C20H29N2O7P. The van der Waals surface area contributed by atoms with Gasteiger partial charge < -0.3 is 18.6 Å². The lowest BCUT2D eigenvalue weighted by Crippen LogP contribution is -2.43. The molecule has 166 valence electrons. The third-order valence-corrected chi connectivity index (χ3v) is 6.37. The van der Waals surface area contributed by atoms with Crippen LogP contribution in [-0.4, -0.2) is 41.3 Å². The summed E-state index contributed by atoms with van der Waals surface area (Å²) in [6.07, 6.45) is 0.477. The quantitative estimate of drug-likeness (QED) is 0.477. The Morgan fingerprint density at radius 1 is 1.07 bits per heavy atom. The zero-order valence-corrected chi connectivity index (χ0v) is 18.4. The Morgan fingerprint density at radius 3 is 2.33 bits per heavy atom. The van der Waals surface area contributed by atoms with Crippen molar-refractivity contribution < 1.29 is 23.2 Å². The molecule has 9 nitrogen and oxygen atoms in total. The largest absolute Gasteiger partial charge is 0.404 e. The van der Waals surface area contributed by atoms with Gasteiger partial charge in [-0.2, -0.15) is 0 Å². The summed E-state index contributed by atoms with van der Waals surface area (Å²) in [5, 5.41) is 0. The van der Waals surface area contributed by atoms with Crippen LogP contribution in [-0.2, 0) is 25.0 Å². The van der Waals surface area contributed by atoms with Gasteiger partial charge in [0.25, 0.3) is 5.56 Å². The van der Waals surface area contributed by atoms with Crippen LogP contribution in [0.2, 0.25) is 0 Å². The van der Waals surface area contributed by atoms with Crippen LogP contribution in [0.5, 0.6) is 0 Å². The van der Waals surface area contributed by atoms with E-state index < -0.39 is 31.1 Å². The average Bonchev–Trinajstić information content (AvgIpc) is 2.72. The van der Waals surface area contributed by atoms with E-state index in [9.17, 15) is 14.2 Å². The zero-order chi connectivity index (χ0) is 22.0. The van der Waals surface area contributed by atoms with Gasteiger partial charge in [-0.3, -0.25) is 14.3 Å². The molecule has 0 saturated carbocycles. The van der Waals surface area contributed by atoms with Crippen molar-refractivity contribution in [2.45, 2.75) is 46.0 Å². The van der Waals surface area contributed by atoms with Crippen LogP contribution < -0.4 is 16.1 Å². The third-order valence-electron chi connectivity index (χ3n) is 4.26. The van der Waals surface area contributed by atoms with Crippen molar-refractivity contribution in [2.75, 3.05) is 19.4 Å². The fourth-order valence-corrected chi connectivity index (χ4v) is 4.45. The Hall–Kier alpha value is -2.19. The molecule has 0 aliphatic rings. The molecule has 0 radical (unpaired) electrons. The molecule has 10 heteroatoms. The molecule has 0 amide bonds. The van der Waals surface area contributed by atoms with E-state index >= 15 is 0 Å². The van der Waals surface area contributed by atoms with Crippen LogP contribution in [0.15, 0.2) is 52.2 Å². The minimum Gasteiger partial charge on any atom is -0.404 e. The Morgan fingerprint density at radius 2 is 1.73 bits per heavy atom. The maximum atomic E-state index is 12.8. The predicted molar refractivity (Wildman–Crippen MR) is 113 cm³/mol. The van der Waals surface area contributed by atoms with Crippen LogP contribution in [0.3, 0.4) is 0 Å². The average molecular weight is 440 g/mol. The minimum absolute atomic E-state index is 0.0937. The summed E-state index contributed by atoms with van der Waals surface area (Å²) in [5.74, 6) is 0. The number of hydrogen-bond acceptors (Lipinski definition) is 7. The molecule has 0 spiro atoms. The first-order valence-corrected chi connectivity index (χ1v) is 11.6. The van der Waals surface area contributed by atoms with Crippen LogP contribution in [0.4, 0.5) is 0 Å². The molecule has 2 aromatic rings. The van der Waals surface area contributed by atoms with Crippen molar-refractivity contribution >= 4 is 7.60 Å². The lowest BCUT2D eigenvalue weighted by molar-refractivity contribution is -0.0802. The summed E-state index contributed by atoms with van der Waals surface area (Å²) < 4.78 is 30.4. The summed E-state index contributed by atoms with van der Waals surface area (Å²) in [7, 11) is -3.30. The maximum absolute atomic E-state index is 12.8. The number of aromatic amines is 1. The van der Waals surface area contributed by atoms with Crippen molar-refractivity contribution in [3.63, 3.8) is 0 Å². The molecule has 0 bridgehead atoms. The first-order chi connectivity index (χ1) is 14.4. The van der Waals surface area contributed by atoms with Gasteiger partial charge in [-0.1, -0.05) is 30.3 Å². The van der Waals surface area contributed by atoms with E-state index in [1.165, 1.54) is 12.3 Å². The van der Waals surface area contributed by atoms with Crippen LogP contribution in [0.25, 0.3) is 0 Å². The van der Waals surface area contributed by atoms with Crippen molar-refractivity contribution in [3.8, 4) is 0 Å². The first kappa shape index (κ1) is 24.1. The number of H-pyrrole nitrogens is 1. The monoisotopic (exact) mass is 440 g/mol. The Bertz CT molecular complexity index is 918. The Balaban J connectivity index is 2.14. The molecule has 2 atom stereocenters. The standard InChI is InChI=1S/C20H29N2O7P/c1-4-27-30(25,28-5-2)14-12-18(29-22-13-11-19(23)21-20(22)24)16(3)26-15-17-9-7-6-8-10-17/h6-11,13,16,18H,4-5,12,14-15H2,1-3H3,(H,21,23,24)/t16-,18+/m0/s1. The van der Waals surface area contributed by atoms with Gasteiger partial charge in [-0.15, -0.1) is 4.73 Å². The van der Waals surface area contributed by atoms with Gasteiger partial charge in [-0.05, 0) is 26.3 Å². The molecule has 1 heterocycles. The van der Waals surface area contributed by atoms with E-state index in [0.29, 0.717) is 6.61 Å². The molecule has 30 heavy (non-hydrogen) atoms. The lowest BCUT2D eigenvalue weighted by Gasteiger charge is -2.26. The number of rotatable bonds is 13. The molecule has 0 aliphatic heterocycles. The lowest BCUT2D eigenvalue weighted by atomic mass is 10.2. The van der Waals surface area contributed by atoms with Gasteiger partial charge in [0.2, 0.25) is 0 Å². The first-order valence-electron chi connectivity index (χ1n) is 9.89. The van der Waals surface area contributed by atoms with Crippen molar-refractivity contribution in [2.24, 2.45) is 0 Å². The fraction of sp³-hybridized carbons (Fsp3) is 0.500. The van der Waals surface area contributed by atoms with Gasteiger partial charge in [0.05, 0.1) is 38.3 Å². The van der Waals surface area contributed by atoms with E-state index in [1.54, 1.807) is 20.8 Å². The highest BCUT2D eigenvalue weighted by Crippen LogP contribution is 2.48. The number of nitrogens with zero attached hydrogens (tertiary/aromatic N) is 1. The highest BCUT2D eigenvalue weighted by Gasteiger charge is 2.29. The molecular weight excluding hydrogens is 411 g/mol. The van der Waals surface area contributed by atoms with Gasteiger partial charge in [0, 0.05) is 12.5 Å². The zero-order valence-electron chi connectivity index (χ0n) is 17.5. The van der Waals surface area contributed by atoms with E-state index in [0.717, 1.165) is 10.3 Å². The Labute approximate surface area is 175 Å². The van der Waals surface area contributed by atoms with E-state index in [2.05, 4.69) is 4.98 Å². The van der Waals surface area contributed by atoms with Crippen LogP contribution in [0.1, 0.15) is 32.8 Å². The van der Waals surface area contributed by atoms with Crippen LogP contribution in [0, 0.1) is 0 Å². The molecule has 0 fully saturated rings. The van der Waals surface area contributed by atoms with Crippen molar-refractivity contribution in [3.05, 3.63) is 69.0 Å². The number of ether oxygens (including phenoxy) is 1. The number of nitrogens with one attached hydrogen (secondary N) is 1. The highest BCUT2D eigenvalue weighted by molar-refractivity contribution is 7.53. The summed E-state index contributed by atoms with van der Waals surface area (Å²) in [5.41, 5.74) is -0.249. The third kappa shape index (κ3) is 7.57. The minimum atomic E-state index is -3.30. The molecule has 0 aliphatic carbocycles. The maximum Gasteiger partial charge on any atom is 0.361 e. The predicted octanol–water partition coefficient (Wildman–Crippen LogP) is 2.60. The smallest absolute Gasteiger partial charge is 0.361 e. The fourth-order valence-electron chi connectivity index (χ4n) is 2.76.